The van der Waals surface area contributed by atoms with E-state index in [1.54, 1.807) is 0 Å². The minimum Gasteiger partial charge on any atom is -0.480 e. The van der Waals surface area contributed by atoms with Crippen molar-refractivity contribution in [2.75, 3.05) is 18.6 Å². The lowest BCUT2D eigenvalue weighted by Gasteiger charge is -2.17. The Kier molecular flexibility index (Phi) is 5.69. The molecule has 1 atom stereocenters. The van der Waals surface area contributed by atoms with E-state index in [2.05, 4.69) is 5.32 Å². The van der Waals surface area contributed by atoms with Gasteiger partial charge in [-0.2, -0.15) is 0 Å². The smallest absolute Gasteiger partial charge is 0.407 e. The van der Waals surface area contributed by atoms with Gasteiger partial charge in [-0.25, -0.2) is 18.0 Å². The number of benzene rings is 2. The molecule has 0 spiro atoms. The van der Waals surface area contributed by atoms with E-state index in [-0.39, 0.29) is 24.7 Å². The highest BCUT2D eigenvalue weighted by molar-refractivity contribution is 7.90. The molecule has 28 heavy (non-hydrogen) atoms. The second-order valence-corrected chi connectivity index (χ2v) is 9.04. The van der Waals surface area contributed by atoms with Gasteiger partial charge in [0.25, 0.3) is 0 Å². The van der Waals surface area contributed by atoms with E-state index in [1.807, 2.05) is 48.5 Å². The van der Waals surface area contributed by atoms with Crippen LogP contribution < -0.4 is 5.32 Å². The Morgan fingerprint density at radius 3 is 2.11 bits per heavy atom. The summed E-state index contributed by atoms with van der Waals surface area (Å²) in [5, 5.41) is 11.4. The zero-order chi connectivity index (χ0) is 20.3. The molecule has 2 aromatic rings. The lowest BCUT2D eigenvalue weighted by Crippen LogP contribution is -2.42. The number of carbonyl (C=O) groups excluding carboxylic acids is 1. The molecule has 0 radical (unpaired) electrons. The van der Waals surface area contributed by atoms with Gasteiger partial charge in [0.05, 0.1) is 5.75 Å². The van der Waals surface area contributed by atoms with E-state index in [1.165, 1.54) is 0 Å². The third-order valence-corrected chi connectivity index (χ3v) is 5.69. The van der Waals surface area contributed by atoms with Gasteiger partial charge in [-0.3, -0.25) is 0 Å². The van der Waals surface area contributed by atoms with E-state index in [0.29, 0.717) is 0 Å². The van der Waals surface area contributed by atoms with Gasteiger partial charge in [-0.1, -0.05) is 48.5 Å². The van der Waals surface area contributed by atoms with Crippen LogP contribution in [-0.2, 0) is 19.4 Å². The quantitative estimate of drug-likeness (QED) is 0.735. The summed E-state index contributed by atoms with van der Waals surface area (Å²) in [5.41, 5.74) is 4.26. The van der Waals surface area contributed by atoms with Crippen molar-refractivity contribution >= 4 is 21.9 Å². The lowest BCUT2D eigenvalue weighted by atomic mass is 9.98. The number of amides is 1. The Labute approximate surface area is 163 Å². The maximum absolute atomic E-state index is 12.1. The third kappa shape index (κ3) is 4.51. The fourth-order valence-electron chi connectivity index (χ4n) is 3.37. The molecule has 8 heteroatoms. The first-order valence-corrected chi connectivity index (χ1v) is 10.8. The van der Waals surface area contributed by atoms with Gasteiger partial charge in [-0.15, -0.1) is 0 Å². The molecule has 2 aromatic carbocycles. The summed E-state index contributed by atoms with van der Waals surface area (Å²) in [6.45, 7) is 0.0538. The molecule has 1 unspecified atom stereocenters. The number of hydrogen-bond donors (Lipinski definition) is 2. The van der Waals surface area contributed by atoms with Crippen molar-refractivity contribution < 1.29 is 27.9 Å². The standard InChI is InChI=1S/C20H21NO6S/c1-28(25,26)11-10-18(19(22)23)21-20(24)27-12-17-15-8-4-2-6-13(15)14-7-3-5-9-16(14)17/h2-9,17-18H,10-12H2,1H3,(H,21,24)(H,22,23). The van der Waals surface area contributed by atoms with Gasteiger partial charge < -0.3 is 15.2 Å². The van der Waals surface area contributed by atoms with Gasteiger partial charge >= 0.3 is 12.1 Å². The third-order valence-electron chi connectivity index (χ3n) is 4.71. The lowest BCUT2D eigenvalue weighted by molar-refractivity contribution is -0.139. The molecule has 0 saturated carbocycles. The fourth-order valence-corrected chi connectivity index (χ4v) is 4.04. The fraction of sp³-hybridized carbons (Fsp3) is 0.300. The number of nitrogens with one attached hydrogen (secondary N) is 1. The zero-order valence-electron chi connectivity index (χ0n) is 15.3. The zero-order valence-corrected chi connectivity index (χ0v) is 16.1. The second-order valence-electron chi connectivity index (χ2n) is 6.78. The molecule has 0 aliphatic heterocycles. The molecular formula is C20H21NO6S. The van der Waals surface area contributed by atoms with Crippen LogP contribution >= 0.6 is 0 Å². The SMILES string of the molecule is CS(=O)(=O)CCC(NC(=O)OCC1c2ccccc2-c2ccccc21)C(=O)O. The van der Waals surface area contributed by atoms with E-state index in [4.69, 9.17) is 4.74 Å². The largest absolute Gasteiger partial charge is 0.480 e. The van der Waals surface area contributed by atoms with Crippen LogP contribution in [0.5, 0.6) is 0 Å². The minimum absolute atomic E-state index is 0.0538. The van der Waals surface area contributed by atoms with Gasteiger partial charge in [0.1, 0.15) is 22.5 Å². The number of fused-ring (bicyclic) bond motifs is 3. The van der Waals surface area contributed by atoms with Crippen molar-refractivity contribution in [1.82, 2.24) is 5.32 Å². The average molecular weight is 403 g/mol. The van der Waals surface area contributed by atoms with Crippen LogP contribution in [0.25, 0.3) is 11.1 Å². The monoisotopic (exact) mass is 403 g/mol. The van der Waals surface area contributed by atoms with Crippen LogP contribution in [0.1, 0.15) is 23.5 Å². The molecule has 1 amide bonds. The molecule has 0 heterocycles. The molecule has 2 N–H and O–H groups in total. The Balaban J connectivity index is 1.66. The molecule has 148 valence electrons. The average Bonchev–Trinajstić information content (AvgIpc) is 2.96. The summed E-state index contributed by atoms with van der Waals surface area (Å²) < 4.78 is 27.8. The summed E-state index contributed by atoms with van der Waals surface area (Å²) in [6.07, 6.45) is -0.0971. The van der Waals surface area contributed by atoms with Gasteiger partial charge in [-0.05, 0) is 28.7 Å². The molecule has 1 aliphatic rings. The molecule has 1 aliphatic carbocycles. The Hall–Kier alpha value is -2.87. The molecule has 3 rings (SSSR count). The van der Waals surface area contributed by atoms with Crippen molar-refractivity contribution in [1.29, 1.82) is 0 Å². The highest BCUT2D eigenvalue weighted by Gasteiger charge is 2.29. The number of carbonyl (C=O) groups is 2. The molecule has 0 fully saturated rings. The molecular weight excluding hydrogens is 382 g/mol. The number of carboxylic acids is 1. The van der Waals surface area contributed by atoms with Crippen molar-refractivity contribution in [2.24, 2.45) is 0 Å². The van der Waals surface area contributed by atoms with Crippen molar-refractivity contribution in [3.05, 3.63) is 59.7 Å². The topological polar surface area (TPSA) is 110 Å². The predicted molar refractivity (Wildman–Crippen MR) is 104 cm³/mol. The number of rotatable bonds is 7. The van der Waals surface area contributed by atoms with Crippen LogP contribution in [-0.4, -0.2) is 50.2 Å². The van der Waals surface area contributed by atoms with E-state index in [0.717, 1.165) is 28.5 Å². The van der Waals surface area contributed by atoms with Crippen molar-refractivity contribution in [3.8, 4) is 11.1 Å². The number of carboxylic acid groups (broad SMARTS) is 1. The number of aliphatic carboxylic acids is 1. The summed E-state index contributed by atoms with van der Waals surface area (Å²) in [7, 11) is -3.34. The maximum atomic E-state index is 12.1. The number of sulfone groups is 1. The van der Waals surface area contributed by atoms with Crippen molar-refractivity contribution in [3.63, 3.8) is 0 Å². The Bertz CT molecular complexity index is 956. The highest BCUT2D eigenvalue weighted by atomic mass is 32.2. The maximum Gasteiger partial charge on any atom is 0.407 e. The first kappa shape index (κ1) is 19.9. The molecule has 0 aromatic heterocycles. The molecule has 7 nitrogen and oxygen atoms in total. The number of hydrogen-bond acceptors (Lipinski definition) is 5. The first-order chi connectivity index (χ1) is 13.3. The van der Waals surface area contributed by atoms with Crippen LogP contribution in [0.15, 0.2) is 48.5 Å². The number of alkyl carbamates (subject to hydrolysis) is 1. The van der Waals surface area contributed by atoms with Crippen LogP contribution in [0.4, 0.5) is 4.79 Å². The summed E-state index contributed by atoms with van der Waals surface area (Å²) in [4.78, 5) is 23.4. The van der Waals surface area contributed by atoms with E-state index < -0.39 is 27.9 Å². The second kappa shape index (κ2) is 8.02. The van der Waals surface area contributed by atoms with Gasteiger partial charge in [0.15, 0.2) is 0 Å². The summed E-state index contributed by atoms with van der Waals surface area (Å²) in [6, 6.07) is 14.4. The van der Waals surface area contributed by atoms with Crippen molar-refractivity contribution in [2.45, 2.75) is 18.4 Å². The van der Waals surface area contributed by atoms with Crippen LogP contribution in [0.3, 0.4) is 0 Å². The normalized spacial score (nSPS) is 14.0. The Morgan fingerprint density at radius 1 is 1.07 bits per heavy atom. The minimum atomic E-state index is -3.34. The number of ether oxygens (including phenoxy) is 1. The summed E-state index contributed by atoms with van der Waals surface area (Å²) in [5.74, 6) is -1.79. The van der Waals surface area contributed by atoms with E-state index >= 15 is 0 Å². The van der Waals surface area contributed by atoms with Gasteiger partial charge in [0.2, 0.25) is 0 Å². The van der Waals surface area contributed by atoms with Gasteiger partial charge in [0, 0.05) is 12.2 Å². The summed E-state index contributed by atoms with van der Waals surface area (Å²) >= 11 is 0. The highest BCUT2D eigenvalue weighted by Crippen LogP contribution is 2.44. The Morgan fingerprint density at radius 2 is 1.61 bits per heavy atom. The van der Waals surface area contributed by atoms with Crippen LogP contribution in [0, 0.1) is 0 Å². The predicted octanol–water partition coefficient (Wildman–Crippen LogP) is 2.41. The first-order valence-electron chi connectivity index (χ1n) is 8.78. The van der Waals surface area contributed by atoms with E-state index in [9.17, 15) is 23.1 Å². The van der Waals surface area contributed by atoms with Crippen LogP contribution in [0.2, 0.25) is 0 Å². The molecule has 0 bridgehead atoms. The molecule has 0 saturated heterocycles.